The van der Waals surface area contributed by atoms with Crippen LogP contribution < -0.4 is 20.4 Å². The zero-order chi connectivity index (χ0) is 24.5. The van der Waals surface area contributed by atoms with Gasteiger partial charge in [-0.15, -0.1) is 0 Å². The molecule has 2 aliphatic rings. The molecule has 0 aromatic heterocycles. The molecule has 182 valence electrons. The fourth-order valence-corrected chi connectivity index (χ4v) is 4.16. The molecule has 0 aliphatic carbocycles. The van der Waals surface area contributed by atoms with E-state index < -0.39 is 24.0 Å². The molecular formula is C23H25F3N4O4. The molecule has 3 amide bonds. The minimum atomic E-state index is -3.48. The summed E-state index contributed by atoms with van der Waals surface area (Å²) in [5.41, 5.74) is 1.16. The van der Waals surface area contributed by atoms with Crippen molar-refractivity contribution in [1.29, 1.82) is 0 Å². The Bertz CT molecular complexity index is 1040. The molecule has 11 heteroatoms. The maximum absolute atomic E-state index is 13.5. The zero-order valence-electron chi connectivity index (χ0n) is 18.2. The van der Waals surface area contributed by atoms with Crippen LogP contribution in [0, 0.1) is 0 Å². The summed E-state index contributed by atoms with van der Waals surface area (Å²) in [7, 11) is 0. The van der Waals surface area contributed by atoms with E-state index in [9.17, 15) is 22.8 Å². The van der Waals surface area contributed by atoms with Crippen LogP contribution in [0.1, 0.15) is 24.8 Å². The number of aliphatic hydroxyl groups is 2. The molecule has 2 aliphatic heterocycles. The Morgan fingerprint density at radius 1 is 1.03 bits per heavy atom. The highest BCUT2D eigenvalue weighted by atomic mass is 19.3. The molecule has 2 heterocycles. The van der Waals surface area contributed by atoms with Crippen molar-refractivity contribution in [2.75, 3.05) is 34.8 Å². The van der Waals surface area contributed by atoms with Gasteiger partial charge in [0.25, 0.3) is 5.92 Å². The van der Waals surface area contributed by atoms with Crippen LogP contribution in [-0.2, 0) is 10.8 Å². The molecule has 2 fully saturated rings. The van der Waals surface area contributed by atoms with Crippen molar-refractivity contribution in [2.45, 2.75) is 37.3 Å². The predicted molar refractivity (Wildman–Crippen MR) is 119 cm³/mol. The Balaban J connectivity index is 1.36. The number of rotatable bonds is 5. The summed E-state index contributed by atoms with van der Waals surface area (Å²) < 4.78 is 40.1. The van der Waals surface area contributed by atoms with Crippen molar-refractivity contribution in [3.05, 3.63) is 54.1 Å². The van der Waals surface area contributed by atoms with Gasteiger partial charge in [-0.1, -0.05) is 0 Å². The van der Waals surface area contributed by atoms with Gasteiger partial charge in [-0.2, -0.15) is 4.39 Å². The Labute approximate surface area is 194 Å². The van der Waals surface area contributed by atoms with Crippen molar-refractivity contribution in [2.24, 2.45) is 0 Å². The maximum Gasteiger partial charge on any atom is 0.343 e. The molecular weight excluding hydrogens is 453 g/mol. The quantitative estimate of drug-likeness (QED) is 0.495. The first-order chi connectivity index (χ1) is 16.0. The molecule has 0 unspecified atom stereocenters. The minimum Gasteiger partial charge on any atom is -0.365 e. The van der Waals surface area contributed by atoms with Crippen LogP contribution in [-0.4, -0.2) is 53.7 Å². The first kappa shape index (κ1) is 23.8. The number of nitrogens with zero attached hydrogens (tertiary/aromatic N) is 2. The number of hydrogen-bond donors (Lipinski definition) is 4. The average Bonchev–Trinajstić information content (AvgIpc) is 3.15. The summed E-state index contributed by atoms with van der Waals surface area (Å²) in [6, 6.07) is 6.76. The van der Waals surface area contributed by atoms with Gasteiger partial charge in [0.15, 0.2) is 0 Å². The third kappa shape index (κ3) is 5.42. The molecule has 2 aromatic rings. The number of amides is 3. The van der Waals surface area contributed by atoms with Gasteiger partial charge in [0.2, 0.25) is 5.91 Å². The molecule has 0 spiro atoms. The Hall–Kier alpha value is -3.31. The third-order valence-corrected chi connectivity index (χ3v) is 5.95. The smallest absolute Gasteiger partial charge is 0.343 e. The summed E-state index contributed by atoms with van der Waals surface area (Å²) in [5, 5.41) is 23.0. The first-order valence-electron chi connectivity index (χ1n) is 10.9. The average molecular weight is 478 g/mol. The fraction of sp³-hybridized carbons (Fsp3) is 0.391. The van der Waals surface area contributed by atoms with Crippen molar-refractivity contribution >= 4 is 29.0 Å². The van der Waals surface area contributed by atoms with Crippen molar-refractivity contribution in [3.8, 4) is 0 Å². The Kier molecular flexibility index (Phi) is 6.41. The van der Waals surface area contributed by atoms with E-state index >= 15 is 0 Å². The number of benzene rings is 2. The monoisotopic (exact) mass is 478 g/mol. The number of carbonyl (C=O) groups is 2. The van der Waals surface area contributed by atoms with Gasteiger partial charge in [-0.05, 0) is 61.4 Å². The molecule has 2 saturated heterocycles. The lowest BCUT2D eigenvalue weighted by Crippen LogP contribution is -2.53. The number of urea groups is 1. The van der Waals surface area contributed by atoms with E-state index in [1.54, 1.807) is 34.1 Å². The van der Waals surface area contributed by atoms with Gasteiger partial charge < -0.3 is 30.6 Å². The van der Waals surface area contributed by atoms with Crippen LogP contribution in [0.3, 0.4) is 0 Å². The van der Waals surface area contributed by atoms with E-state index in [4.69, 9.17) is 10.2 Å². The van der Waals surface area contributed by atoms with Gasteiger partial charge in [0.05, 0.1) is 6.54 Å². The summed E-state index contributed by atoms with van der Waals surface area (Å²) in [6.45, 7) is 0.412. The van der Waals surface area contributed by atoms with E-state index in [1.807, 2.05) is 0 Å². The predicted octanol–water partition coefficient (Wildman–Crippen LogP) is 2.91. The van der Waals surface area contributed by atoms with Gasteiger partial charge >= 0.3 is 12.1 Å². The number of alkyl halides is 3. The minimum absolute atomic E-state index is 0.182. The molecule has 2 aromatic carbocycles. The molecule has 8 nitrogen and oxygen atoms in total. The summed E-state index contributed by atoms with van der Waals surface area (Å²) in [5.74, 6) is -2.99. The molecule has 0 bridgehead atoms. The Morgan fingerprint density at radius 2 is 1.68 bits per heavy atom. The van der Waals surface area contributed by atoms with Crippen LogP contribution in [0.5, 0.6) is 0 Å². The number of anilines is 3. The third-order valence-electron chi connectivity index (χ3n) is 5.95. The highest BCUT2D eigenvalue weighted by Crippen LogP contribution is 2.32. The zero-order valence-corrected chi connectivity index (χ0v) is 18.2. The van der Waals surface area contributed by atoms with Crippen LogP contribution in [0.25, 0.3) is 0 Å². The number of carbonyl (C=O) groups excluding carboxylic acids is 2. The van der Waals surface area contributed by atoms with E-state index in [2.05, 4.69) is 10.6 Å². The van der Waals surface area contributed by atoms with Gasteiger partial charge in [0, 0.05) is 42.1 Å². The largest absolute Gasteiger partial charge is 0.365 e. The normalized spacial score (nSPS) is 20.4. The van der Waals surface area contributed by atoms with E-state index in [-0.39, 0.29) is 36.7 Å². The first-order valence-corrected chi connectivity index (χ1v) is 10.9. The molecule has 0 saturated carbocycles. The van der Waals surface area contributed by atoms with Gasteiger partial charge in [-0.25, -0.2) is 13.6 Å². The fourth-order valence-electron chi connectivity index (χ4n) is 4.16. The molecule has 34 heavy (non-hydrogen) atoms. The summed E-state index contributed by atoms with van der Waals surface area (Å²) in [6.07, 6.45) is 0.914. The van der Waals surface area contributed by atoms with E-state index in [0.717, 1.165) is 12.1 Å². The van der Waals surface area contributed by atoms with E-state index in [1.165, 1.54) is 12.1 Å². The van der Waals surface area contributed by atoms with Crippen molar-refractivity contribution < 1.29 is 33.0 Å². The SMILES string of the molecule is O=C(Nc1ccc(C(O)(O)F)cc1)N[C@@H]1CCCN(c2ccc(N3CCC(F)(F)C3)cc2)C1=O. The number of piperidine rings is 1. The summed E-state index contributed by atoms with van der Waals surface area (Å²) >= 11 is 0. The standard InChI is InChI=1S/C23H25F3N4O4/c24-22(25)11-13-29(14-22)17-7-9-18(10-8-17)30-12-1-2-19(20(30)31)28-21(32)27-16-5-3-15(4-6-16)23(26,33)34/h3-10,19,33-34H,1-2,11-14H2,(H2,27,28,32)/t19-/m1/s1. The molecule has 4 N–H and O–H groups in total. The second kappa shape index (κ2) is 9.15. The highest BCUT2D eigenvalue weighted by Gasteiger charge is 2.38. The summed E-state index contributed by atoms with van der Waals surface area (Å²) in [4.78, 5) is 28.5. The topological polar surface area (TPSA) is 105 Å². The van der Waals surface area contributed by atoms with Crippen LogP contribution >= 0.6 is 0 Å². The highest BCUT2D eigenvalue weighted by molar-refractivity contribution is 6.01. The molecule has 1 atom stereocenters. The lowest BCUT2D eigenvalue weighted by atomic mass is 10.0. The van der Waals surface area contributed by atoms with Crippen LogP contribution in [0.2, 0.25) is 0 Å². The van der Waals surface area contributed by atoms with E-state index in [0.29, 0.717) is 30.8 Å². The maximum atomic E-state index is 13.5. The van der Waals surface area contributed by atoms with Gasteiger partial charge in [-0.3, -0.25) is 4.79 Å². The van der Waals surface area contributed by atoms with Gasteiger partial charge in [0.1, 0.15) is 6.04 Å². The lowest BCUT2D eigenvalue weighted by molar-refractivity contribution is -0.269. The second-order valence-electron chi connectivity index (χ2n) is 8.49. The van der Waals surface area contributed by atoms with Crippen molar-refractivity contribution in [1.82, 2.24) is 5.32 Å². The molecule has 4 rings (SSSR count). The van der Waals surface area contributed by atoms with Crippen LogP contribution in [0.4, 0.5) is 35.0 Å². The van der Waals surface area contributed by atoms with Crippen LogP contribution in [0.15, 0.2) is 48.5 Å². The van der Waals surface area contributed by atoms with Crippen molar-refractivity contribution in [3.63, 3.8) is 0 Å². The molecule has 0 radical (unpaired) electrons. The lowest BCUT2D eigenvalue weighted by Gasteiger charge is -2.33. The second-order valence-corrected chi connectivity index (χ2v) is 8.49. The number of hydrogen-bond acceptors (Lipinski definition) is 5. The number of halogens is 3. The number of nitrogens with one attached hydrogen (secondary N) is 2. The Morgan fingerprint density at radius 3 is 2.26 bits per heavy atom.